The first-order valence-electron chi connectivity index (χ1n) is 4.93. The monoisotopic (exact) mass is 334 g/mol. The van der Waals surface area contributed by atoms with E-state index in [0.717, 1.165) is 34.1 Å². The van der Waals surface area contributed by atoms with Gasteiger partial charge in [0.1, 0.15) is 0 Å². The van der Waals surface area contributed by atoms with Gasteiger partial charge in [0.15, 0.2) is 0 Å². The van der Waals surface area contributed by atoms with Crippen LogP contribution in [0, 0.1) is 0 Å². The molecule has 0 bridgehead atoms. The number of nitrogens with zero attached hydrogens (tertiary/aromatic N) is 1. The van der Waals surface area contributed by atoms with Gasteiger partial charge in [0, 0.05) is 21.2 Å². The second-order valence-electron chi connectivity index (χ2n) is 3.71. The standard InChI is InChI=1S/C11H16Br2N2/c1-15(2)7-3-6-14-11-8-9(12)4-5-10(11)13/h4-5,8,14H,3,6-7H2,1-2H3. The molecule has 0 saturated carbocycles. The molecule has 0 amide bonds. The van der Waals surface area contributed by atoms with Crippen molar-refractivity contribution in [3.8, 4) is 0 Å². The lowest BCUT2D eigenvalue weighted by atomic mass is 10.3. The fourth-order valence-corrected chi connectivity index (χ4v) is 2.00. The number of rotatable bonds is 5. The minimum absolute atomic E-state index is 0.993. The summed E-state index contributed by atoms with van der Waals surface area (Å²) in [5.74, 6) is 0. The predicted octanol–water partition coefficient (Wildman–Crippen LogP) is 3.58. The highest BCUT2D eigenvalue weighted by atomic mass is 79.9. The zero-order chi connectivity index (χ0) is 11.3. The van der Waals surface area contributed by atoms with E-state index in [4.69, 9.17) is 0 Å². The summed E-state index contributed by atoms with van der Waals surface area (Å²) in [6, 6.07) is 6.15. The molecule has 0 aliphatic heterocycles. The Morgan fingerprint density at radius 3 is 2.67 bits per heavy atom. The third-order valence-corrected chi connectivity index (χ3v) is 3.21. The molecule has 0 unspecified atom stereocenters. The number of halogens is 2. The Hall–Kier alpha value is -0.0600. The number of benzene rings is 1. The maximum atomic E-state index is 3.52. The maximum Gasteiger partial charge on any atom is 0.0495 e. The summed E-state index contributed by atoms with van der Waals surface area (Å²) in [7, 11) is 4.18. The van der Waals surface area contributed by atoms with E-state index in [1.165, 1.54) is 0 Å². The Morgan fingerprint density at radius 1 is 1.27 bits per heavy atom. The lowest BCUT2D eigenvalue weighted by molar-refractivity contribution is 0.405. The predicted molar refractivity (Wildman–Crippen MR) is 73.5 cm³/mol. The van der Waals surface area contributed by atoms with Crippen molar-refractivity contribution in [1.29, 1.82) is 0 Å². The van der Waals surface area contributed by atoms with E-state index in [1.807, 2.05) is 12.1 Å². The smallest absolute Gasteiger partial charge is 0.0495 e. The molecular formula is C11H16Br2N2. The van der Waals surface area contributed by atoms with Crippen molar-refractivity contribution in [2.45, 2.75) is 6.42 Å². The van der Waals surface area contributed by atoms with E-state index in [0.29, 0.717) is 0 Å². The molecule has 1 aromatic rings. The van der Waals surface area contributed by atoms with E-state index in [9.17, 15) is 0 Å². The van der Waals surface area contributed by atoms with Gasteiger partial charge in [0.2, 0.25) is 0 Å². The zero-order valence-electron chi connectivity index (χ0n) is 9.06. The molecule has 2 nitrogen and oxygen atoms in total. The lowest BCUT2D eigenvalue weighted by Gasteiger charge is -2.11. The number of anilines is 1. The van der Waals surface area contributed by atoms with Gasteiger partial charge >= 0.3 is 0 Å². The van der Waals surface area contributed by atoms with Crippen LogP contribution in [-0.2, 0) is 0 Å². The van der Waals surface area contributed by atoms with Gasteiger partial charge in [0.25, 0.3) is 0 Å². The highest BCUT2D eigenvalue weighted by Gasteiger charge is 1.99. The molecule has 0 aromatic heterocycles. The number of nitrogens with one attached hydrogen (secondary N) is 1. The molecule has 1 rings (SSSR count). The molecule has 4 heteroatoms. The van der Waals surface area contributed by atoms with E-state index < -0.39 is 0 Å². The van der Waals surface area contributed by atoms with Gasteiger partial charge in [-0.05, 0) is 61.2 Å². The van der Waals surface area contributed by atoms with Crippen molar-refractivity contribution in [2.75, 3.05) is 32.5 Å². The Balaban J connectivity index is 2.40. The van der Waals surface area contributed by atoms with Crippen LogP contribution in [0.3, 0.4) is 0 Å². The van der Waals surface area contributed by atoms with Gasteiger partial charge in [-0.25, -0.2) is 0 Å². The van der Waals surface area contributed by atoms with Crippen molar-refractivity contribution >= 4 is 37.5 Å². The molecule has 1 N–H and O–H groups in total. The van der Waals surface area contributed by atoms with Gasteiger partial charge in [-0.3, -0.25) is 0 Å². The Labute approximate surface area is 108 Å². The van der Waals surface area contributed by atoms with Crippen LogP contribution < -0.4 is 5.32 Å². The average molecular weight is 336 g/mol. The van der Waals surface area contributed by atoms with Gasteiger partial charge in [0.05, 0.1) is 0 Å². The minimum atomic E-state index is 0.993. The molecule has 0 aliphatic carbocycles. The van der Waals surface area contributed by atoms with Crippen LogP contribution in [0.15, 0.2) is 27.1 Å². The third kappa shape index (κ3) is 5.00. The van der Waals surface area contributed by atoms with Crippen LogP contribution in [0.2, 0.25) is 0 Å². The Kier molecular flexibility index (Phi) is 5.64. The van der Waals surface area contributed by atoms with Crippen molar-refractivity contribution in [1.82, 2.24) is 4.90 Å². The van der Waals surface area contributed by atoms with Gasteiger partial charge < -0.3 is 10.2 Å². The van der Waals surface area contributed by atoms with Crippen LogP contribution in [0.25, 0.3) is 0 Å². The van der Waals surface area contributed by atoms with Crippen molar-refractivity contribution in [3.05, 3.63) is 27.1 Å². The summed E-state index contributed by atoms with van der Waals surface area (Å²) in [5.41, 5.74) is 1.14. The largest absolute Gasteiger partial charge is 0.384 e. The maximum absolute atomic E-state index is 3.52. The normalized spacial score (nSPS) is 10.7. The fourth-order valence-electron chi connectivity index (χ4n) is 1.25. The summed E-state index contributed by atoms with van der Waals surface area (Å²) in [5, 5.41) is 3.41. The minimum Gasteiger partial charge on any atom is -0.384 e. The van der Waals surface area contributed by atoms with Crippen molar-refractivity contribution in [3.63, 3.8) is 0 Å². The molecular weight excluding hydrogens is 320 g/mol. The molecule has 0 radical (unpaired) electrons. The van der Waals surface area contributed by atoms with Crippen LogP contribution >= 0.6 is 31.9 Å². The molecule has 84 valence electrons. The first-order chi connectivity index (χ1) is 7.09. The summed E-state index contributed by atoms with van der Waals surface area (Å²) in [4.78, 5) is 2.19. The summed E-state index contributed by atoms with van der Waals surface area (Å²) < 4.78 is 2.20. The second kappa shape index (κ2) is 6.51. The molecule has 0 fully saturated rings. The number of hydrogen-bond donors (Lipinski definition) is 1. The molecule has 0 heterocycles. The Morgan fingerprint density at radius 2 is 2.00 bits per heavy atom. The topological polar surface area (TPSA) is 15.3 Å². The summed E-state index contributed by atoms with van der Waals surface area (Å²) in [6.07, 6.45) is 1.14. The quantitative estimate of drug-likeness (QED) is 0.827. The molecule has 0 spiro atoms. The van der Waals surface area contributed by atoms with Crippen LogP contribution in [0.5, 0.6) is 0 Å². The van der Waals surface area contributed by atoms with Crippen LogP contribution in [0.1, 0.15) is 6.42 Å². The van der Waals surface area contributed by atoms with E-state index >= 15 is 0 Å². The van der Waals surface area contributed by atoms with Crippen LogP contribution in [0.4, 0.5) is 5.69 Å². The second-order valence-corrected chi connectivity index (χ2v) is 5.48. The summed E-state index contributed by atoms with van der Waals surface area (Å²) in [6.45, 7) is 2.10. The van der Waals surface area contributed by atoms with E-state index in [-0.39, 0.29) is 0 Å². The highest BCUT2D eigenvalue weighted by Crippen LogP contribution is 2.25. The third-order valence-electron chi connectivity index (χ3n) is 2.03. The Bertz CT molecular complexity index is 313. The van der Waals surface area contributed by atoms with Crippen LogP contribution in [-0.4, -0.2) is 32.1 Å². The molecule has 0 atom stereocenters. The van der Waals surface area contributed by atoms with Crippen molar-refractivity contribution in [2.24, 2.45) is 0 Å². The fraction of sp³-hybridized carbons (Fsp3) is 0.455. The van der Waals surface area contributed by atoms with Gasteiger partial charge in [-0.1, -0.05) is 15.9 Å². The van der Waals surface area contributed by atoms with E-state index in [1.54, 1.807) is 0 Å². The SMILES string of the molecule is CN(C)CCCNc1cc(Br)ccc1Br. The lowest BCUT2D eigenvalue weighted by Crippen LogP contribution is -2.16. The zero-order valence-corrected chi connectivity index (χ0v) is 12.2. The number of hydrogen-bond acceptors (Lipinski definition) is 2. The van der Waals surface area contributed by atoms with Crippen molar-refractivity contribution < 1.29 is 0 Å². The molecule has 0 saturated heterocycles. The first kappa shape index (κ1) is 13.0. The first-order valence-corrected chi connectivity index (χ1v) is 6.52. The summed E-state index contributed by atoms with van der Waals surface area (Å²) >= 11 is 6.98. The highest BCUT2D eigenvalue weighted by molar-refractivity contribution is 9.11. The molecule has 15 heavy (non-hydrogen) atoms. The molecule has 1 aromatic carbocycles. The van der Waals surface area contributed by atoms with Gasteiger partial charge in [-0.2, -0.15) is 0 Å². The van der Waals surface area contributed by atoms with E-state index in [2.05, 4.69) is 62.2 Å². The van der Waals surface area contributed by atoms with Gasteiger partial charge in [-0.15, -0.1) is 0 Å². The average Bonchev–Trinajstić information content (AvgIpc) is 2.17. The molecule has 0 aliphatic rings.